The van der Waals surface area contributed by atoms with Gasteiger partial charge in [0.2, 0.25) is 0 Å². The molecule has 7 nitrogen and oxygen atoms in total. The van der Waals surface area contributed by atoms with E-state index in [1.54, 1.807) is 0 Å². The molecule has 0 aliphatic heterocycles. The van der Waals surface area contributed by atoms with Crippen molar-refractivity contribution >= 4 is 11.9 Å². The minimum atomic E-state index is -1.17. The molecule has 1 atom stereocenters. The average molecular weight is 287 g/mol. The standard InChI is InChI=1S/C5H9NO4.C5H14NO.ClH/c6-3(5(9)10)1-2-4(7)8;1-6(2,3)4-5-7;/h3H,1-2,6H2,(H,7,8)(H,9,10);7H,4-5H2,1-3H3;1H/q;+1;/p-1. The quantitative estimate of drug-likeness (QED) is 0.369. The SMILES string of the molecule is C[N+](C)(C)CCO.NC(CCC(=O)O)C(=O)O.[Cl-]. The van der Waals surface area contributed by atoms with Crippen LogP contribution in [0.25, 0.3) is 0 Å². The van der Waals surface area contributed by atoms with Crippen LogP contribution < -0.4 is 18.1 Å². The Balaban J connectivity index is -0.000000251. The summed E-state index contributed by atoms with van der Waals surface area (Å²) in [6, 6.07) is -1.06. The molecule has 8 heteroatoms. The molecule has 110 valence electrons. The molecule has 0 aromatic heterocycles. The highest BCUT2D eigenvalue weighted by molar-refractivity contribution is 5.74. The summed E-state index contributed by atoms with van der Waals surface area (Å²) < 4.78 is 0.844. The summed E-state index contributed by atoms with van der Waals surface area (Å²) in [7, 11) is 6.16. The Kier molecular flexibility index (Phi) is 13.9. The number of rotatable bonds is 6. The van der Waals surface area contributed by atoms with Gasteiger partial charge in [0, 0.05) is 6.42 Å². The lowest BCUT2D eigenvalue weighted by molar-refractivity contribution is -0.870. The fraction of sp³-hybridized carbons (Fsp3) is 0.800. The van der Waals surface area contributed by atoms with E-state index in [4.69, 9.17) is 21.1 Å². The van der Waals surface area contributed by atoms with Gasteiger partial charge in [-0.25, -0.2) is 0 Å². The van der Waals surface area contributed by atoms with Crippen LogP contribution in [0.1, 0.15) is 12.8 Å². The third kappa shape index (κ3) is 20.5. The number of hydrogen-bond donors (Lipinski definition) is 4. The van der Waals surface area contributed by atoms with Gasteiger partial charge in [0.05, 0.1) is 27.7 Å². The van der Waals surface area contributed by atoms with Gasteiger partial charge in [-0.1, -0.05) is 0 Å². The van der Waals surface area contributed by atoms with Crippen LogP contribution in [0.4, 0.5) is 0 Å². The lowest BCUT2D eigenvalue weighted by atomic mass is 10.2. The van der Waals surface area contributed by atoms with Gasteiger partial charge in [-0.15, -0.1) is 0 Å². The number of hydrogen-bond acceptors (Lipinski definition) is 4. The number of aliphatic hydroxyl groups is 1. The summed E-state index contributed by atoms with van der Waals surface area (Å²) in [4.78, 5) is 19.9. The molecule has 1 unspecified atom stereocenters. The first kappa shape index (κ1) is 22.3. The molecule has 0 rings (SSSR count). The highest BCUT2D eigenvalue weighted by Gasteiger charge is 2.12. The first-order valence-electron chi connectivity index (χ1n) is 5.21. The van der Waals surface area contributed by atoms with E-state index in [0.717, 1.165) is 11.0 Å². The molecule has 0 aliphatic rings. The minimum absolute atomic E-state index is 0. The van der Waals surface area contributed by atoms with Crippen molar-refractivity contribution in [2.75, 3.05) is 34.3 Å². The number of carboxylic acid groups (broad SMARTS) is 2. The smallest absolute Gasteiger partial charge is 0.320 e. The molecule has 0 aliphatic carbocycles. The zero-order valence-electron chi connectivity index (χ0n) is 11.0. The van der Waals surface area contributed by atoms with Crippen molar-refractivity contribution in [3.63, 3.8) is 0 Å². The van der Waals surface area contributed by atoms with E-state index in [0.29, 0.717) is 0 Å². The van der Waals surface area contributed by atoms with Crippen LogP contribution in [0.15, 0.2) is 0 Å². The Labute approximate surface area is 113 Å². The number of aliphatic carboxylic acids is 2. The summed E-state index contributed by atoms with van der Waals surface area (Å²) in [5, 5.41) is 24.7. The predicted octanol–water partition coefficient (Wildman–Crippen LogP) is -4.05. The van der Waals surface area contributed by atoms with E-state index in [9.17, 15) is 9.59 Å². The van der Waals surface area contributed by atoms with E-state index in [1.165, 1.54) is 0 Å². The summed E-state index contributed by atoms with van der Waals surface area (Å²) in [6.45, 7) is 1.11. The fourth-order valence-electron chi connectivity index (χ4n) is 0.702. The van der Waals surface area contributed by atoms with Crippen molar-refractivity contribution in [1.82, 2.24) is 0 Å². The Hall–Kier alpha value is -0.890. The lowest BCUT2D eigenvalue weighted by Crippen LogP contribution is -3.00. The van der Waals surface area contributed by atoms with Crippen molar-refractivity contribution in [1.29, 1.82) is 0 Å². The third-order valence-electron chi connectivity index (χ3n) is 1.76. The number of nitrogens with two attached hydrogens (primary N) is 1. The van der Waals surface area contributed by atoms with E-state index in [-0.39, 0.29) is 31.9 Å². The highest BCUT2D eigenvalue weighted by Crippen LogP contribution is 1.93. The second kappa shape index (κ2) is 11.2. The average Bonchev–Trinajstić information content (AvgIpc) is 2.12. The van der Waals surface area contributed by atoms with E-state index in [2.05, 4.69) is 21.1 Å². The van der Waals surface area contributed by atoms with Gasteiger partial charge in [0.25, 0.3) is 0 Å². The Bertz CT molecular complexity index is 243. The number of carbonyl (C=O) groups is 2. The van der Waals surface area contributed by atoms with Crippen molar-refractivity contribution in [3.8, 4) is 0 Å². The van der Waals surface area contributed by atoms with Crippen LogP contribution in [0.3, 0.4) is 0 Å². The second-order valence-corrected chi connectivity index (χ2v) is 4.61. The van der Waals surface area contributed by atoms with Gasteiger partial charge in [0.15, 0.2) is 0 Å². The molecule has 0 saturated carbocycles. The van der Waals surface area contributed by atoms with Crippen LogP contribution in [-0.4, -0.2) is 72.1 Å². The number of nitrogens with zero attached hydrogens (tertiary/aromatic N) is 1. The fourth-order valence-corrected chi connectivity index (χ4v) is 0.702. The number of aliphatic hydroxyl groups excluding tert-OH is 1. The Morgan fingerprint density at radius 3 is 1.83 bits per heavy atom. The highest BCUT2D eigenvalue weighted by atomic mass is 35.5. The lowest BCUT2D eigenvalue weighted by Gasteiger charge is -2.21. The van der Waals surface area contributed by atoms with Gasteiger partial charge in [0.1, 0.15) is 12.6 Å². The molecule has 0 fully saturated rings. The van der Waals surface area contributed by atoms with Crippen LogP contribution in [0, 0.1) is 0 Å². The van der Waals surface area contributed by atoms with Crippen LogP contribution in [0.2, 0.25) is 0 Å². The van der Waals surface area contributed by atoms with Gasteiger partial charge < -0.3 is 37.9 Å². The summed E-state index contributed by atoms with van der Waals surface area (Å²) in [6.07, 6.45) is -0.224. The number of quaternary nitrogens is 1. The number of likely N-dealkylation sites (N-methyl/N-ethyl adjacent to an activating group) is 1. The van der Waals surface area contributed by atoms with E-state index >= 15 is 0 Å². The Morgan fingerprint density at radius 2 is 1.67 bits per heavy atom. The molecule has 0 bridgehead atoms. The molecule has 0 heterocycles. The van der Waals surface area contributed by atoms with Crippen LogP contribution in [-0.2, 0) is 9.59 Å². The third-order valence-corrected chi connectivity index (χ3v) is 1.76. The molecule has 0 radical (unpaired) electrons. The zero-order chi connectivity index (χ0) is 14.1. The van der Waals surface area contributed by atoms with Gasteiger partial charge in [-0.2, -0.15) is 0 Å². The molecule has 0 saturated heterocycles. The van der Waals surface area contributed by atoms with Crippen LogP contribution in [0.5, 0.6) is 0 Å². The van der Waals surface area contributed by atoms with Gasteiger partial charge in [-0.3, -0.25) is 9.59 Å². The summed E-state index contributed by atoms with van der Waals surface area (Å²) in [5.41, 5.74) is 5.00. The summed E-state index contributed by atoms with van der Waals surface area (Å²) >= 11 is 0. The predicted molar refractivity (Wildman–Crippen MR) is 62.5 cm³/mol. The monoisotopic (exact) mass is 286 g/mol. The normalized spacial score (nSPS) is 11.6. The maximum absolute atomic E-state index is 9.99. The zero-order valence-corrected chi connectivity index (χ0v) is 11.7. The van der Waals surface area contributed by atoms with Crippen molar-refractivity contribution < 1.29 is 41.8 Å². The number of carboxylic acids is 2. The maximum Gasteiger partial charge on any atom is 0.320 e. The van der Waals surface area contributed by atoms with Gasteiger partial charge in [-0.05, 0) is 6.42 Å². The maximum atomic E-state index is 9.99. The molecule has 0 aromatic rings. The van der Waals surface area contributed by atoms with Crippen molar-refractivity contribution in [3.05, 3.63) is 0 Å². The van der Waals surface area contributed by atoms with E-state index in [1.807, 2.05) is 0 Å². The molecule has 5 N–H and O–H groups in total. The minimum Gasteiger partial charge on any atom is -1.00 e. The molecular weight excluding hydrogens is 264 g/mol. The molecular formula is C10H23ClN2O5. The first-order valence-corrected chi connectivity index (χ1v) is 5.21. The molecule has 18 heavy (non-hydrogen) atoms. The molecule has 0 spiro atoms. The summed E-state index contributed by atoms with van der Waals surface area (Å²) in [5.74, 6) is -2.20. The topological polar surface area (TPSA) is 121 Å². The van der Waals surface area contributed by atoms with Crippen LogP contribution >= 0.6 is 0 Å². The van der Waals surface area contributed by atoms with Crippen molar-refractivity contribution in [2.24, 2.45) is 5.73 Å². The molecule has 0 amide bonds. The number of halogens is 1. The second-order valence-electron chi connectivity index (χ2n) is 4.61. The molecule has 0 aromatic carbocycles. The van der Waals surface area contributed by atoms with E-state index < -0.39 is 18.0 Å². The largest absolute Gasteiger partial charge is 1.00 e. The van der Waals surface area contributed by atoms with Gasteiger partial charge >= 0.3 is 11.9 Å². The van der Waals surface area contributed by atoms with Crippen molar-refractivity contribution in [2.45, 2.75) is 18.9 Å². The Morgan fingerprint density at radius 1 is 1.22 bits per heavy atom. The first-order chi connectivity index (χ1) is 7.60.